The zero-order valence-corrected chi connectivity index (χ0v) is 13.9. The Hall–Kier alpha value is -1.51. The largest absolute Gasteiger partial charge is 0.399 e. The summed E-state index contributed by atoms with van der Waals surface area (Å²) in [5.41, 5.74) is 8.64. The summed E-state index contributed by atoms with van der Waals surface area (Å²) < 4.78 is 0. The smallest absolute Gasteiger partial charge is 0.251 e. The summed E-state index contributed by atoms with van der Waals surface area (Å²) >= 11 is 0. The Kier molecular flexibility index (Phi) is 4.05. The molecule has 0 heterocycles. The molecule has 1 aromatic carbocycles. The average molecular weight is 288 g/mol. The summed E-state index contributed by atoms with van der Waals surface area (Å²) in [6.45, 7) is 11.1. The van der Waals surface area contributed by atoms with E-state index < -0.39 is 0 Å². The molecule has 1 aliphatic rings. The van der Waals surface area contributed by atoms with Gasteiger partial charge in [0.25, 0.3) is 5.91 Å². The third-order valence-corrected chi connectivity index (χ3v) is 4.40. The molecule has 3 heteroatoms. The summed E-state index contributed by atoms with van der Waals surface area (Å²) in [5, 5.41) is 3.22. The van der Waals surface area contributed by atoms with Gasteiger partial charge in [-0.15, -0.1) is 0 Å². The third kappa shape index (κ3) is 3.99. The van der Waals surface area contributed by atoms with Gasteiger partial charge in [-0.3, -0.25) is 4.79 Å². The van der Waals surface area contributed by atoms with Crippen LogP contribution >= 0.6 is 0 Å². The van der Waals surface area contributed by atoms with Crippen molar-refractivity contribution in [1.29, 1.82) is 0 Å². The van der Waals surface area contributed by atoms with Gasteiger partial charge in [-0.1, -0.05) is 33.8 Å². The van der Waals surface area contributed by atoms with Crippen molar-refractivity contribution in [3.8, 4) is 0 Å². The maximum atomic E-state index is 12.5. The lowest BCUT2D eigenvalue weighted by atomic mass is 9.63. The molecule has 1 saturated carbocycles. The molecule has 0 saturated heterocycles. The quantitative estimate of drug-likeness (QED) is 0.811. The van der Waals surface area contributed by atoms with Crippen LogP contribution in [0.1, 0.15) is 62.9 Å². The second-order valence-electron chi connectivity index (χ2n) is 8.16. The zero-order valence-electron chi connectivity index (χ0n) is 13.9. The number of nitrogen functional groups attached to an aromatic ring is 1. The van der Waals surface area contributed by atoms with E-state index in [1.54, 1.807) is 6.07 Å². The Morgan fingerprint density at radius 3 is 2.33 bits per heavy atom. The van der Waals surface area contributed by atoms with Crippen LogP contribution < -0.4 is 11.1 Å². The van der Waals surface area contributed by atoms with Crippen molar-refractivity contribution in [2.24, 2.45) is 10.8 Å². The SMILES string of the molecule is Cc1ccc(N)cc1C(=O)NC1CC(C)(C)CC(C)(C)C1. The van der Waals surface area contributed by atoms with E-state index in [4.69, 9.17) is 5.73 Å². The van der Waals surface area contributed by atoms with E-state index in [-0.39, 0.29) is 22.8 Å². The van der Waals surface area contributed by atoms with Gasteiger partial charge in [-0.2, -0.15) is 0 Å². The normalized spacial score (nSPS) is 21.0. The van der Waals surface area contributed by atoms with Crippen LogP contribution in [0.2, 0.25) is 0 Å². The van der Waals surface area contributed by atoms with Gasteiger partial charge in [-0.05, 0) is 54.7 Å². The van der Waals surface area contributed by atoms with Crippen molar-refractivity contribution in [2.75, 3.05) is 5.73 Å². The summed E-state index contributed by atoms with van der Waals surface area (Å²) in [6.07, 6.45) is 3.26. The van der Waals surface area contributed by atoms with E-state index in [1.165, 1.54) is 6.42 Å². The maximum absolute atomic E-state index is 12.5. The summed E-state index contributed by atoms with van der Waals surface area (Å²) in [4.78, 5) is 12.5. The van der Waals surface area contributed by atoms with E-state index in [9.17, 15) is 4.79 Å². The fourth-order valence-electron chi connectivity index (χ4n) is 4.10. The predicted octanol–water partition coefficient (Wildman–Crippen LogP) is 3.91. The van der Waals surface area contributed by atoms with Crippen LogP contribution in [-0.2, 0) is 0 Å². The van der Waals surface area contributed by atoms with Gasteiger partial charge in [0, 0.05) is 17.3 Å². The Labute approximate surface area is 128 Å². The standard InChI is InChI=1S/C18H28N2O/c1-12-6-7-13(19)8-15(12)16(21)20-14-9-17(2,3)11-18(4,5)10-14/h6-8,14H,9-11,19H2,1-5H3,(H,20,21). The molecule has 1 aliphatic carbocycles. The Balaban J connectivity index is 2.14. The molecule has 0 aromatic heterocycles. The Bertz CT molecular complexity index is 530. The second-order valence-corrected chi connectivity index (χ2v) is 8.16. The summed E-state index contributed by atoms with van der Waals surface area (Å²) in [5.74, 6) is -0.00157. The molecule has 0 bridgehead atoms. The molecule has 3 N–H and O–H groups in total. The Morgan fingerprint density at radius 2 is 1.76 bits per heavy atom. The molecule has 0 spiro atoms. The molecule has 0 aliphatic heterocycles. The number of carbonyl (C=O) groups is 1. The molecular formula is C18H28N2O. The minimum Gasteiger partial charge on any atom is -0.399 e. The molecule has 2 rings (SSSR count). The number of aryl methyl sites for hydroxylation is 1. The van der Waals surface area contributed by atoms with Crippen LogP contribution in [0.4, 0.5) is 5.69 Å². The highest BCUT2D eigenvalue weighted by molar-refractivity contribution is 5.96. The van der Waals surface area contributed by atoms with Gasteiger partial charge in [0.15, 0.2) is 0 Å². The fraction of sp³-hybridized carbons (Fsp3) is 0.611. The van der Waals surface area contributed by atoms with Crippen molar-refractivity contribution in [3.63, 3.8) is 0 Å². The van der Waals surface area contributed by atoms with Gasteiger partial charge >= 0.3 is 0 Å². The monoisotopic (exact) mass is 288 g/mol. The van der Waals surface area contributed by atoms with E-state index in [2.05, 4.69) is 33.0 Å². The van der Waals surface area contributed by atoms with Gasteiger partial charge < -0.3 is 11.1 Å². The molecule has 3 nitrogen and oxygen atoms in total. The number of rotatable bonds is 2. The highest BCUT2D eigenvalue weighted by atomic mass is 16.1. The van der Waals surface area contributed by atoms with Crippen molar-refractivity contribution in [2.45, 2.75) is 59.9 Å². The molecule has 21 heavy (non-hydrogen) atoms. The number of amides is 1. The number of hydrogen-bond acceptors (Lipinski definition) is 2. The first-order chi connectivity index (χ1) is 9.58. The van der Waals surface area contributed by atoms with Crippen molar-refractivity contribution in [1.82, 2.24) is 5.32 Å². The molecule has 116 valence electrons. The fourth-order valence-corrected chi connectivity index (χ4v) is 4.10. The number of anilines is 1. The molecular weight excluding hydrogens is 260 g/mol. The van der Waals surface area contributed by atoms with E-state index >= 15 is 0 Å². The molecule has 0 atom stereocenters. The number of nitrogens with one attached hydrogen (secondary N) is 1. The van der Waals surface area contributed by atoms with Gasteiger partial charge in [0.2, 0.25) is 0 Å². The first-order valence-corrected chi connectivity index (χ1v) is 7.75. The van der Waals surface area contributed by atoms with E-state index in [1.807, 2.05) is 19.1 Å². The molecule has 0 unspecified atom stereocenters. The van der Waals surface area contributed by atoms with Crippen molar-refractivity contribution >= 4 is 11.6 Å². The average Bonchev–Trinajstić information content (AvgIpc) is 2.27. The minimum atomic E-state index is -0.00157. The van der Waals surface area contributed by atoms with Crippen LogP contribution in [0.15, 0.2) is 18.2 Å². The Morgan fingerprint density at radius 1 is 1.19 bits per heavy atom. The number of hydrogen-bond donors (Lipinski definition) is 2. The highest BCUT2D eigenvalue weighted by Crippen LogP contribution is 2.45. The lowest BCUT2D eigenvalue weighted by Crippen LogP contribution is -2.46. The highest BCUT2D eigenvalue weighted by Gasteiger charge is 2.39. The summed E-state index contributed by atoms with van der Waals surface area (Å²) in [6, 6.07) is 5.74. The third-order valence-electron chi connectivity index (χ3n) is 4.40. The number of carbonyl (C=O) groups excluding carboxylic acids is 1. The predicted molar refractivity (Wildman–Crippen MR) is 88.3 cm³/mol. The molecule has 1 fully saturated rings. The van der Waals surface area contributed by atoms with Crippen LogP contribution in [0.5, 0.6) is 0 Å². The first-order valence-electron chi connectivity index (χ1n) is 7.75. The number of benzene rings is 1. The van der Waals surface area contributed by atoms with Crippen molar-refractivity contribution in [3.05, 3.63) is 29.3 Å². The summed E-state index contributed by atoms with van der Waals surface area (Å²) in [7, 11) is 0. The lowest BCUT2D eigenvalue weighted by Gasteiger charge is -2.45. The number of nitrogens with two attached hydrogens (primary N) is 1. The minimum absolute atomic E-state index is 0.00157. The zero-order chi connectivity index (χ0) is 15.8. The van der Waals surface area contributed by atoms with E-state index in [0.29, 0.717) is 11.3 Å². The van der Waals surface area contributed by atoms with E-state index in [0.717, 1.165) is 18.4 Å². The molecule has 1 amide bonds. The second kappa shape index (κ2) is 5.36. The first kappa shape index (κ1) is 15.9. The van der Waals surface area contributed by atoms with Gasteiger partial charge in [0.05, 0.1) is 0 Å². The van der Waals surface area contributed by atoms with Crippen LogP contribution in [-0.4, -0.2) is 11.9 Å². The van der Waals surface area contributed by atoms with Crippen LogP contribution in [0, 0.1) is 17.8 Å². The lowest BCUT2D eigenvalue weighted by molar-refractivity contribution is 0.0713. The molecule has 0 radical (unpaired) electrons. The maximum Gasteiger partial charge on any atom is 0.251 e. The van der Waals surface area contributed by atoms with Gasteiger partial charge in [0.1, 0.15) is 0 Å². The van der Waals surface area contributed by atoms with Crippen molar-refractivity contribution < 1.29 is 4.79 Å². The van der Waals surface area contributed by atoms with Crippen LogP contribution in [0.3, 0.4) is 0 Å². The van der Waals surface area contributed by atoms with Gasteiger partial charge in [-0.25, -0.2) is 0 Å². The topological polar surface area (TPSA) is 55.1 Å². The van der Waals surface area contributed by atoms with Crippen LogP contribution in [0.25, 0.3) is 0 Å². The molecule has 1 aromatic rings.